The number of imidazole rings is 1. The highest BCUT2D eigenvalue weighted by atomic mass is 16.6. The maximum absolute atomic E-state index is 12.8. The number of fused-ring (bicyclic) bond motifs is 1. The number of likely N-dealkylation sites (tertiary alicyclic amines) is 1. The van der Waals surface area contributed by atoms with Crippen molar-refractivity contribution in [1.29, 1.82) is 0 Å². The van der Waals surface area contributed by atoms with E-state index < -0.39 is 23.7 Å². The number of anilines is 1. The molecule has 1 N–H and O–H groups in total. The number of aromatic nitrogens is 4. The summed E-state index contributed by atoms with van der Waals surface area (Å²) < 4.78 is 12.2. The third-order valence-corrected chi connectivity index (χ3v) is 5.40. The molecule has 0 saturated carbocycles. The largest absolute Gasteiger partial charge is 0.467 e. The van der Waals surface area contributed by atoms with Gasteiger partial charge in [0.25, 0.3) is 5.91 Å². The Labute approximate surface area is 196 Å². The van der Waals surface area contributed by atoms with Gasteiger partial charge < -0.3 is 19.4 Å². The Morgan fingerprint density at radius 1 is 1.09 bits per heavy atom. The minimum Gasteiger partial charge on any atom is -0.467 e. The first-order valence-corrected chi connectivity index (χ1v) is 10.8. The number of hydrogen-bond donors (Lipinski definition) is 1. The van der Waals surface area contributed by atoms with Crippen LogP contribution in [0.15, 0.2) is 43.0 Å². The molecule has 2 atom stereocenters. The summed E-state index contributed by atoms with van der Waals surface area (Å²) >= 11 is 0. The summed E-state index contributed by atoms with van der Waals surface area (Å²) in [6.07, 6.45) is 2.60. The third kappa shape index (κ3) is 4.68. The number of esters is 1. The Kier molecular flexibility index (Phi) is 6.18. The van der Waals surface area contributed by atoms with Crippen LogP contribution in [0.2, 0.25) is 0 Å². The van der Waals surface area contributed by atoms with Crippen molar-refractivity contribution >= 4 is 35.0 Å². The highest BCUT2D eigenvalue weighted by molar-refractivity contribution is 6.06. The first kappa shape index (κ1) is 23.1. The van der Waals surface area contributed by atoms with Gasteiger partial charge in [-0.2, -0.15) is 0 Å². The second kappa shape index (κ2) is 9.08. The van der Waals surface area contributed by atoms with Gasteiger partial charge in [-0.25, -0.2) is 24.5 Å². The van der Waals surface area contributed by atoms with Crippen molar-refractivity contribution in [3.8, 4) is 0 Å². The van der Waals surface area contributed by atoms with Crippen LogP contribution >= 0.6 is 0 Å². The lowest BCUT2D eigenvalue weighted by atomic mass is 10.1. The number of benzene rings is 1. The predicted octanol–water partition coefficient (Wildman–Crippen LogP) is 2.80. The molecule has 0 spiro atoms. The number of rotatable bonds is 4. The molecule has 2 amide bonds. The van der Waals surface area contributed by atoms with Crippen LogP contribution in [0, 0.1) is 0 Å². The SMILES string of the molecule is COC(=O)[C@@H]1C[C@@H](n2cnc3c(NC(=O)c4ccccc4)ncnc32)CN1C(=O)OC(C)(C)C. The van der Waals surface area contributed by atoms with Gasteiger partial charge in [0.15, 0.2) is 17.0 Å². The minimum atomic E-state index is -0.804. The molecular weight excluding hydrogens is 440 g/mol. The number of nitrogens with zero attached hydrogens (tertiary/aromatic N) is 5. The van der Waals surface area contributed by atoms with Crippen LogP contribution < -0.4 is 5.32 Å². The molecule has 2 aromatic heterocycles. The number of carbonyl (C=O) groups excluding carboxylic acids is 3. The molecule has 0 radical (unpaired) electrons. The van der Waals surface area contributed by atoms with E-state index in [2.05, 4.69) is 20.3 Å². The lowest BCUT2D eigenvalue weighted by Gasteiger charge is -2.27. The van der Waals surface area contributed by atoms with Gasteiger partial charge in [-0.15, -0.1) is 0 Å². The molecule has 1 aliphatic rings. The molecule has 11 nitrogen and oxygen atoms in total. The zero-order chi connectivity index (χ0) is 24.5. The zero-order valence-corrected chi connectivity index (χ0v) is 19.4. The number of hydrogen-bond acceptors (Lipinski definition) is 8. The Hall–Kier alpha value is -4.02. The average molecular weight is 466 g/mol. The minimum absolute atomic E-state index is 0.204. The summed E-state index contributed by atoms with van der Waals surface area (Å²) in [5, 5.41) is 2.77. The van der Waals surface area contributed by atoms with Gasteiger partial charge in [0.2, 0.25) is 0 Å². The highest BCUT2D eigenvalue weighted by Crippen LogP contribution is 2.32. The number of methoxy groups -OCH3 is 1. The quantitative estimate of drug-likeness (QED) is 0.581. The normalized spacial score (nSPS) is 18.1. The van der Waals surface area contributed by atoms with Crippen LogP contribution in [0.4, 0.5) is 10.6 Å². The van der Waals surface area contributed by atoms with Crippen molar-refractivity contribution < 1.29 is 23.9 Å². The van der Waals surface area contributed by atoms with Gasteiger partial charge in [0, 0.05) is 18.5 Å². The van der Waals surface area contributed by atoms with E-state index in [1.165, 1.54) is 18.3 Å². The summed E-state index contributed by atoms with van der Waals surface area (Å²) in [4.78, 5) is 52.1. The summed E-state index contributed by atoms with van der Waals surface area (Å²) in [7, 11) is 1.28. The van der Waals surface area contributed by atoms with E-state index >= 15 is 0 Å². The molecule has 1 fully saturated rings. The maximum atomic E-state index is 12.8. The molecule has 34 heavy (non-hydrogen) atoms. The first-order chi connectivity index (χ1) is 16.2. The summed E-state index contributed by atoms with van der Waals surface area (Å²) in [5.74, 6) is -0.579. The van der Waals surface area contributed by atoms with E-state index in [9.17, 15) is 14.4 Å². The van der Waals surface area contributed by atoms with Crippen LogP contribution in [-0.4, -0.2) is 67.7 Å². The molecule has 0 unspecified atom stereocenters. The summed E-state index contributed by atoms with van der Waals surface area (Å²) in [6, 6.07) is 7.65. The predicted molar refractivity (Wildman–Crippen MR) is 122 cm³/mol. The maximum Gasteiger partial charge on any atom is 0.411 e. The molecule has 178 valence electrons. The van der Waals surface area contributed by atoms with Crippen molar-refractivity contribution in [3.05, 3.63) is 48.5 Å². The molecule has 1 aromatic carbocycles. The standard InChI is InChI=1S/C23H26N6O5/c1-23(2,3)34-22(32)28-11-15(10-16(28)21(31)33-4)29-13-26-17-18(24-12-25-19(17)29)27-20(30)14-8-6-5-7-9-14/h5-9,12-13,15-16H,10-11H2,1-4H3,(H,24,25,27,30)/t15-,16+/m1/s1. The van der Waals surface area contributed by atoms with E-state index in [-0.39, 0.29) is 24.3 Å². The van der Waals surface area contributed by atoms with Gasteiger partial charge in [0.05, 0.1) is 19.5 Å². The fourth-order valence-electron chi connectivity index (χ4n) is 3.88. The van der Waals surface area contributed by atoms with Gasteiger partial charge in [-0.05, 0) is 32.9 Å². The molecule has 1 saturated heterocycles. The van der Waals surface area contributed by atoms with Crippen molar-refractivity contribution in [2.24, 2.45) is 0 Å². The van der Waals surface area contributed by atoms with Gasteiger partial charge in [-0.1, -0.05) is 18.2 Å². The van der Waals surface area contributed by atoms with E-state index in [1.54, 1.807) is 55.9 Å². The molecule has 3 heterocycles. The van der Waals surface area contributed by atoms with Crippen molar-refractivity contribution in [2.45, 2.75) is 44.9 Å². The number of amides is 2. The van der Waals surface area contributed by atoms with Crippen LogP contribution in [0.5, 0.6) is 0 Å². The fraction of sp³-hybridized carbons (Fsp3) is 0.391. The Morgan fingerprint density at radius 2 is 1.82 bits per heavy atom. The first-order valence-electron chi connectivity index (χ1n) is 10.8. The summed E-state index contributed by atoms with van der Waals surface area (Å²) in [5.41, 5.74) is 0.643. The van der Waals surface area contributed by atoms with E-state index in [1.807, 2.05) is 6.07 Å². The molecule has 0 bridgehead atoms. The van der Waals surface area contributed by atoms with Crippen molar-refractivity contribution in [3.63, 3.8) is 0 Å². The highest BCUT2D eigenvalue weighted by Gasteiger charge is 2.43. The molecule has 3 aromatic rings. The van der Waals surface area contributed by atoms with E-state index in [4.69, 9.17) is 9.47 Å². The number of ether oxygens (including phenoxy) is 2. The van der Waals surface area contributed by atoms with Gasteiger partial charge >= 0.3 is 12.1 Å². The lowest BCUT2D eigenvalue weighted by Crippen LogP contribution is -2.43. The van der Waals surface area contributed by atoms with E-state index in [0.717, 1.165) is 0 Å². The monoisotopic (exact) mass is 466 g/mol. The molecule has 0 aliphatic carbocycles. The third-order valence-electron chi connectivity index (χ3n) is 5.40. The topological polar surface area (TPSA) is 129 Å². The van der Waals surface area contributed by atoms with Crippen LogP contribution in [0.25, 0.3) is 11.2 Å². The van der Waals surface area contributed by atoms with Crippen molar-refractivity contribution in [1.82, 2.24) is 24.4 Å². The Balaban J connectivity index is 1.61. The van der Waals surface area contributed by atoms with Crippen LogP contribution in [0.1, 0.15) is 43.6 Å². The smallest absolute Gasteiger partial charge is 0.411 e. The number of nitrogens with one attached hydrogen (secondary N) is 1. The fourth-order valence-corrected chi connectivity index (χ4v) is 3.88. The van der Waals surface area contributed by atoms with Gasteiger partial charge in [-0.3, -0.25) is 9.69 Å². The van der Waals surface area contributed by atoms with Gasteiger partial charge in [0.1, 0.15) is 18.0 Å². The Morgan fingerprint density at radius 3 is 2.50 bits per heavy atom. The second-order valence-electron chi connectivity index (χ2n) is 8.93. The molecule has 1 aliphatic heterocycles. The molecular formula is C23H26N6O5. The van der Waals surface area contributed by atoms with Crippen LogP contribution in [0.3, 0.4) is 0 Å². The molecule has 4 rings (SSSR count). The lowest BCUT2D eigenvalue weighted by molar-refractivity contribution is -0.145. The van der Waals surface area contributed by atoms with Crippen molar-refractivity contribution in [2.75, 3.05) is 19.0 Å². The zero-order valence-electron chi connectivity index (χ0n) is 19.4. The average Bonchev–Trinajstić information content (AvgIpc) is 3.43. The summed E-state index contributed by atoms with van der Waals surface area (Å²) in [6.45, 7) is 5.49. The van der Waals surface area contributed by atoms with Crippen LogP contribution in [-0.2, 0) is 14.3 Å². The molecule has 11 heteroatoms. The number of carbonyl (C=O) groups is 3. The second-order valence-corrected chi connectivity index (χ2v) is 8.93. The Bertz CT molecular complexity index is 1220. The van der Waals surface area contributed by atoms with E-state index in [0.29, 0.717) is 23.1 Å².